The van der Waals surface area contributed by atoms with Gasteiger partial charge in [0.15, 0.2) is 0 Å². The van der Waals surface area contributed by atoms with E-state index < -0.39 is 0 Å². The highest BCUT2D eigenvalue weighted by molar-refractivity contribution is 6.21. The first-order chi connectivity index (χ1) is 24.3. The zero-order chi connectivity index (χ0) is 32.3. The van der Waals surface area contributed by atoms with Gasteiger partial charge in [0.2, 0.25) is 0 Å². The van der Waals surface area contributed by atoms with E-state index in [9.17, 15) is 0 Å². The molecule has 0 aliphatic carbocycles. The van der Waals surface area contributed by atoms with Crippen molar-refractivity contribution in [1.29, 1.82) is 0 Å². The number of benzene rings is 9. The predicted molar refractivity (Wildman–Crippen MR) is 206 cm³/mol. The average Bonchev–Trinajstić information content (AvgIpc) is 3.18. The molecule has 0 N–H and O–H groups in total. The first-order valence-corrected chi connectivity index (χ1v) is 16.8. The van der Waals surface area contributed by atoms with E-state index in [-0.39, 0.29) is 0 Å². The summed E-state index contributed by atoms with van der Waals surface area (Å²) in [7, 11) is 0. The highest BCUT2D eigenvalue weighted by Crippen LogP contribution is 2.50. The lowest BCUT2D eigenvalue weighted by molar-refractivity contribution is 0.487. The van der Waals surface area contributed by atoms with Crippen LogP contribution in [-0.4, -0.2) is 0 Å². The summed E-state index contributed by atoms with van der Waals surface area (Å²) in [6, 6.07) is 65.6. The predicted octanol–water partition coefficient (Wildman–Crippen LogP) is 13.6. The molecule has 0 bridgehead atoms. The van der Waals surface area contributed by atoms with Crippen molar-refractivity contribution in [1.82, 2.24) is 0 Å². The van der Waals surface area contributed by atoms with Gasteiger partial charge in [-0.25, -0.2) is 0 Å². The van der Waals surface area contributed by atoms with Crippen LogP contribution < -0.4 is 4.74 Å². The molecule has 228 valence electrons. The van der Waals surface area contributed by atoms with Crippen molar-refractivity contribution in [2.45, 2.75) is 0 Å². The molecular formula is C48H30O. The molecule has 0 aromatic heterocycles. The Balaban J connectivity index is 1.11. The van der Waals surface area contributed by atoms with Gasteiger partial charge in [-0.05, 0) is 95.2 Å². The zero-order valence-corrected chi connectivity index (χ0v) is 26.7. The van der Waals surface area contributed by atoms with Crippen molar-refractivity contribution in [3.63, 3.8) is 0 Å². The second-order valence-corrected chi connectivity index (χ2v) is 12.8. The van der Waals surface area contributed by atoms with E-state index in [2.05, 4.69) is 182 Å². The molecule has 0 saturated carbocycles. The normalized spacial score (nSPS) is 11.8. The Morgan fingerprint density at radius 2 is 0.755 bits per heavy atom. The van der Waals surface area contributed by atoms with Gasteiger partial charge in [-0.3, -0.25) is 0 Å². The standard InChI is InChI=1S/C48H30O/c1-3-12-31(13-4-1)35-26-28-44-43(30-35)42-21-11-20-37-36(27-29-45(49-44)48(37)42)32-22-24-34(25-23-32)47-40-18-9-7-16-38(40)46(33-14-5-2-6-15-33)39-17-8-10-19-41(39)47/h1-30H. The summed E-state index contributed by atoms with van der Waals surface area (Å²) < 4.78 is 6.53. The minimum Gasteiger partial charge on any atom is -0.456 e. The lowest BCUT2D eigenvalue weighted by atomic mass is 9.85. The van der Waals surface area contributed by atoms with Crippen molar-refractivity contribution < 1.29 is 4.74 Å². The van der Waals surface area contributed by atoms with Crippen LogP contribution in [0.4, 0.5) is 0 Å². The van der Waals surface area contributed by atoms with Gasteiger partial charge in [-0.15, -0.1) is 0 Å². The molecule has 1 heterocycles. The molecule has 1 heteroatoms. The summed E-state index contributed by atoms with van der Waals surface area (Å²) in [5.74, 6) is 1.80. The van der Waals surface area contributed by atoms with Crippen molar-refractivity contribution >= 4 is 32.3 Å². The van der Waals surface area contributed by atoms with Gasteiger partial charge in [0, 0.05) is 10.9 Å². The Kier molecular flexibility index (Phi) is 6.25. The van der Waals surface area contributed by atoms with E-state index in [1.807, 2.05) is 0 Å². The topological polar surface area (TPSA) is 9.23 Å². The van der Waals surface area contributed by atoms with Crippen LogP contribution in [-0.2, 0) is 0 Å². The maximum absolute atomic E-state index is 6.53. The van der Waals surface area contributed by atoms with Gasteiger partial charge >= 0.3 is 0 Å². The lowest BCUT2D eigenvalue weighted by Gasteiger charge is -2.23. The minimum absolute atomic E-state index is 0.898. The van der Waals surface area contributed by atoms with E-state index in [0.717, 1.165) is 22.4 Å². The molecule has 0 radical (unpaired) electrons. The molecule has 1 aliphatic heterocycles. The fourth-order valence-electron chi connectivity index (χ4n) is 7.87. The first kappa shape index (κ1) is 27.7. The first-order valence-electron chi connectivity index (χ1n) is 16.8. The largest absolute Gasteiger partial charge is 0.456 e. The molecule has 0 atom stereocenters. The molecule has 0 saturated heterocycles. The highest BCUT2D eigenvalue weighted by atomic mass is 16.5. The van der Waals surface area contributed by atoms with Crippen LogP contribution in [0.2, 0.25) is 0 Å². The fourth-order valence-corrected chi connectivity index (χ4v) is 7.87. The smallest absolute Gasteiger partial charge is 0.135 e. The van der Waals surface area contributed by atoms with Crippen LogP contribution in [0.25, 0.3) is 88.0 Å². The summed E-state index contributed by atoms with van der Waals surface area (Å²) >= 11 is 0. The number of ether oxygens (including phenoxy) is 1. The van der Waals surface area contributed by atoms with Crippen LogP contribution >= 0.6 is 0 Å². The molecule has 9 aromatic rings. The average molecular weight is 623 g/mol. The van der Waals surface area contributed by atoms with E-state index in [0.29, 0.717) is 0 Å². The quantitative estimate of drug-likeness (QED) is 0.177. The van der Waals surface area contributed by atoms with Crippen molar-refractivity contribution in [2.75, 3.05) is 0 Å². The molecule has 0 fully saturated rings. The molecule has 49 heavy (non-hydrogen) atoms. The van der Waals surface area contributed by atoms with Gasteiger partial charge in [-0.2, -0.15) is 0 Å². The molecular weight excluding hydrogens is 593 g/mol. The van der Waals surface area contributed by atoms with E-state index in [1.54, 1.807) is 0 Å². The molecule has 1 nitrogen and oxygen atoms in total. The van der Waals surface area contributed by atoms with Crippen LogP contribution in [0, 0.1) is 0 Å². The minimum atomic E-state index is 0.898. The number of rotatable bonds is 4. The number of hydrogen-bond donors (Lipinski definition) is 0. The van der Waals surface area contributed by atoms with Crippen LogP contribution in [0.15, 0.2) is 182 Å². The van der Waals surface area contributed by atoms with Crippen molar-refractivity contribution in [2.24, 2.45) is 0 Å². The molecule has 0 unspecified atom stereocenters. The van der Waals surface area contributed by atoms with E-state index in [4.69, 9.17) is 4.74 Å². The fraction of sp³-hybridized carbons (Fsp3) is 0. The maximum Gasteiger partial charge on any atom is 0.135 e. The third kappa shape index (κ3) is 4.40. The summed E-state index contributed by atoms with van der Waals surface area (Å²) in [5.41, 5.74) is 12.1. The van der Waals surface area contributed by atoms with Crippen LogP contribution in [0.5, 0.6) is 11.5 Å². The van der Waals surface area contributed by atoms with E-state index >= 15 is 0 Å². The second-order valence-electron chi connectivity index (χ2n) is 12.8. The van der Waals surface area contributed by atoms with Gasteiger partial charge in [-0.1, -0.05) is 164 Å². The Bertz CT molecular complexity index is 2650. The summed E-state index contributed by atoms with van der Waals surface area (Å²) in [4.78, 5) is 0. The lowest BCUT2D eigenvalue weighted by Crippen LogP contribution is -1.98. The summed E-state index contributed by atoms with van der Waals surface area (Å²) in [6.45, 7) is 0. The van der Waals surface area contributed by atoms with Gasteiger partial charge in [0.05, 0.1) is 0 Å². The Morgan fingerprint density at radius 3 is 1.39 bits per heavy atom. The highest BCUT2D eigenvalue weighted by Gasteiger charge is 2.22. The Hall–Kier alpha value is -6.44. The van der Waals surface area contributed by atoms with Crippen LogP contribution in [0.3, 0.4) is 0 Å². The number of hydrogen-bond acceptors (Lipinski definition) is 1. The van der Waals surface area contributed by atoms with Crippen molar-refractivity contribution in [3.05, 3.63) is 182 Å². The molecule has 1 aliphatic rings. The molecule has 0 spiro atoms. The van der Waals surface area contributed by atoms with Gasteiger partial charge in [0.25, 0.3) is 0 Å². The summed E-state index contributed by atoms with van der Waals surface area (Å²) in [5, 5.41) is 7.42. The second kappa shape index (κ2) is 11.1. The zero-order valence-electron chi connectivity index (χ0n) is 26.7. The Morgan fingerprint density at radius 1 is 0.265 bits per heavy atom. The Labute approximate surface area is 285 Å². The van der Waals surface area contributed by atoms with Gasteiger partial charge < -0.3 is 4.74 Å². The van der Waals surface area contributed by atoms with Gasteiger partial charge in [0.1, 0.15) is 11.5 Å². The third-order valence-electron chi connectivity index (χ3n) is 10.1. The molecule has 9 aromatic carbocycles. The van der Waals surface area contributed by atoms with Crippen LogP contribution in [0.1, 0.15) is 0 Å². The third-order valence-corrected chi connectivity index (χ3v) is 10.1. The van der Waals surface area contributed by atoms with E-state index in [1.165, 1.54) is 77.0 Å². The number of fused-ring (bicyclic) bond motifs is 4. The molecule has 10 rings (SSSR count). The maximum atomic E-state index is 6.53. The summed E-state index contributed by atoms with van der Waals surface area (Å²) in [6.07, 6.45) is 0. The SMILES string of the molecule is c1ccc(-c2ccc3c(c2)-c2cccc4c(-c5ccc(-c6c7ccccc7c(-c7ccccc7)c7ccccc67)cc5)ccc(c24)O3)cc1. The molecule has 0 amide bonds. The monoisotopic (exact) mass is 622 g/mol. The van der Waals surface area contributed by atoms with Crippen molar-refractivity contribution in [3.8, 4) is 67.1 Å².